The SMILES string of the molecule is COC[C@H](C)Nc1ccc(C(=O)O)cc1S(=O)(=O)NC1CCCC1. The lowest BCUT2D eigenvalue weighted by Crippen LogP contribution is -2.33. The molecule has 1 saturated carbocycles. The minimum atomic E-state index is -3.81. The van der Waals surface area contributed by atoms with E-state index >= 15 is 0 Å². The van der Waals surface area contributed by atoms with Crippen molar-refractivity contribution in [3.8, 4) is 0 Å². The van der Waals surface area contributed by atoms with Crippen LogP contribution in [0.15, 0.2) is 23.1 Å². The van der Waals surface area contributed by atoms with Gasteiger partial charge in [0.15, 0.2) is 0 Å². The van der Waals surface area contributed by atoms with Gasteiger partial charge in [-0.2, -0.15) is 0 Å². The van der Waals surface area contributed by atoms with Gasteiger partial charge in [-0.3, -0.25) is 0 Å². The molecule has 0 aromatic heterocycles. The Bertz CT molecular complexity index is 684. The van der Waals surface area contributed by atoms with Gasteiger partial charge >= 0.3 is 5.97 Å². The van der Waals surface area contributed by atoms with Gasteiger partial charge in [0.25, 0.3) is 0 Å². The highest BCUT2D eigenvalue weighted by Gasteiger charge is 2.26. The molecule has 3 N–H and O–H groups in total. The number of carbonyl (C=O) groups is 1. The van der Waals surface area contributed by atoms with Crippen LogP contribution in [0.3, 0.4) is 0 Å². The first-order chi connectivity index (χ1) is 11.3. The fraction of sp³-hybridized carbons (Fsp3) is 0.562. The Kier molecular flexibility index (Phi) is 6.20. The van der Waals surface area contributed by atoms with E-state index in [0.29, 0.717) is 12.3 Å². The summed E-state index contributed by atoms with van der Waals surface area (Å²) in [7, 11) is -2.25. The van der Waals surface area contributed by atoms with Crippen LogP contribution in [0.5, 0.6) is 0 Å². The fourth-order valence-electron chi connectivity index (χ4n) is 2.88. The summed E-state index contributed by atoms with van der Waals surface area (Å²) >= 11 is 0. The van der Waals surface area contributed by atoms with Crippen molar-refractivity contribution in [2.24, 2.45) is 0 Å². The molecule has 0 heterocycles. The highest BCUT2D eigenvalue weighted by atomic mass is 32.2. The number of anilines is 1. The zero-order chi connectivity index (χ0) is 17.7. The van der Waals surface area contributed by atoms with Crippen LogP contribution < -0.4 is 10.0 Å². The van der Waals surface area contributed by atoms with Crippen molar-refractivity contribution in [1.29, 1.82) is 0 Å². The molecule has 0 aliphatic heterocycles. The molecule has 0 radical (unpaired) electrons. The third-order valence-electron chi connectivity index (χ3n) is 4.01. The highest BCUT2D eigenvalue weighted by molar-refractivity contribution is 7.89. The van der Waals surface area contributed by atoms with Crippen LogP contribution in [0.25, 0.3) is 0 Å². The summed E-state index contributed by atoms with van der Waals surface area (Å²) in [4.78, 5) is 11.2. The van der Waals surface area contributed by atoms with Gasteiger partial charge in [-0.25, -0.2) is 17.9 Å². The molecule has 1 fully saturated rings. The molecule has 1 aromatic carbocycles. The van der Waals surface area contributed by atoms with E-state index in [1.165, 1.54) is 18.2 Å². The van der Waals surface area contributed by atoms with Gasteiger partial charge in [-0.15, -0.1) is 0 Å². The van der Waals surface area contributed by atoms with E-state index in [1.54, 1.807) is 7.11 Å². The van der Waals surface area contributed by atoms with Gasteiger partial charge in [0.1, 0.15) is 4.90 Å². The molecule has 134 valence electrons. The molecule has 0 saturated heterocycles. The third kappa shape index (κ3) is 4.68. The van der Waals surface area contributed by atoms with E-state index < -0.39 is 16.0 Å². The van der Waals surface area contributed by atoms with Gasteiger partial charge in [0.05, 0.1) is 17.9 Å². The number of ether oxygens (including phenoxy) is 1. The Morgan fingerprint density at radius 3 is 2.62 bits per heavy atom. The number of aromatic carboxylic acids is 1. The molecule has 8 heteroatoms. The van der Waals surface area contributed by atoms with Crippen molar-refractivity contribution >= 4 is 21.7 Å². The van der Waals surface area contributed by atoms with Crippen molar-refractivity contribution in [2.75, 3.05) is 19.0 Å². The van der Waals surface area contributed by atoms with Crippen molar-refractivity contribution in [3.05, 3.63) is 23.8 Å². The summed E-state index contributed by atoms with van der Waals surface area (Å²) in [5.74, 6) is -1.16. The number of hydrogen-bond donors (Lipinski definition) is 3. The summed E-state index contributed by atoms with van der Waals surface area (Å²) in [5, 5.41) is 12.2. The number of nitrogens with one attached hydrogen (secondary N) is 2. The zero-order valence-corrected chi connectivity index (χ0v) is 14.7. The minimum absolute atomic E-state index is 0.0442. The Labute approximate surface area is 142 Å². The summed E-state index contributed by atoms with van der Waals surface area (Å²) in [5.41, 5.74) is 0.307. The molecule has 1 aliphatic carbocycles. The topological polar surface area (TPSA) is 105 Å². The number of benzene rings is 1. The van der Waals surface area contributed by atoms with Crippen LogP contribution >= 0.6 is 0 Å². The standard InChI is InChI=1S/C16H24N2O5S/c1-11(10-23-2)17-14-8-7-12(16(19)20)9-15(14)24(21,22)18-13-5-3-4-6-13/h7-9,11,13,17-18H,3-6,10H2,1-2H3,(H,19,20)/t11-/m0/s1. The normalized spacial score (nSPS) is 16.9. The molecule has 24 heavy (non-hydrogen) atoms. The second-order valence-electron chi connectivity index (χ2n) is 6.12. The summed E-state index contributed by atoms with van der Waals surface area (Å²) < 4.78 is 33.2. The van der Waals surface area contributed by atoms with Crippen molar-refractivity contribution in [1.82, 2.24) is 4.72 Å². The van der Waals surface area contributed by atoms with Crippen molar-refractivity contribution in [2.45, 2.75) is 49.6 Å². The molecule has 1 aromatic rings. The van der Waals surface area contributed by atoms with E-state index in [-0.39, 0.29) is 22.5 Å². The van der Waals surface area contributed by atoms with Gasteiger partial charge in [0, 0.05) is 19.2 Å². The lowest BCUT2D eigenvalue weighted by atomic mass is 10.2. The van der Waals surface area contributed by atoms with Crippen LogP contribution in [-0.2, 0) is 14.8 Å². The molecule has 0 amide bonds. The van der Waals surface area contributed by atoms with E-state index in [0.717, 1.165) is 25.7 Å². The van der Waals surface area contributed by atoms with E-state index in [9.17, 15) is 13.2 Å². The Morgan fingerprint density at radius 1 is 1.38 bits per heavy atom. The number of hydrogen-bond acceptors (Lipinski definition) is 5. The molecular formula is C16H24N2O5S. The number of rotatable bonds is 8. The molecule has 7 nitrogen and oxygen atoms in total. The van der Waals surface area contributed by atoms with Crippen LogP contribution in [-0.4, -0.2) is 45.3 Å². The molecule has 0 spiro atoms. The second-order valence-corrected chi connectivity index (χ2v) is 7.80. The largest absolute Gasteiger partial charge is 0.478 e. The zero-order valence-electron chi connectivity index (χ0n) is 13.9. The lowest BCUT2D eigenvalue weighted by molar-refractivity contribution is 0.0696. The Morgan fingerprint density at radius 2 is 2.04 bits per heavy atom. The van der Waals surface area contributed by atoms with Crippen molar-refractivity contribution < 1.29 is 23.1 Å². The Balaban J connectivity index is 2.35. The second kappa shape index (κ2) is 7.96. The molecule has 1 aliphatic rings. The maximum atomic E-state index is 12.7. The van der Waals surface area contributed by atoms with Gasteiger partial charge < -0.3 is 15.2 Å². The maximum Gasteiger partial charge on any atom is 0.335 e. The van der Waals surface area contributed by atoms with E-state index in [1.807, 2.05) is 6.92 Å². The van der Waals surface area contributed by atoms with E-state index in [2.05, 4.69) is 10.0 Å². The first kappa shape index (κ1) is 18.7. The fourth-order valence-corrected chi connectivity index (χ4v) is 4.38. The van der Waals surface area contributed by atoms with Crippen LogP contribution in [0.4, 0.5) is 5.69 Å². The van der Waals surface area contributed by atoms with E-state index in [4.69, 9.17) is 9.84 Å². The molecule has 0 bridgehead atoms. The number of carboxylic acid groups (broad SMARTS) is 1. The number of carboxylic acids is 1. The predicted molar refractivity (Wildman–Crippen MR) is 90.9 cm³/mol. The average molecular weight is 356 g/mol. The van der Waals surface area contributed by atoms with Crippen LogP contribution in [0, 0.1) is 0 Å². The predicted octanol–water partition coefficient (Wildman–Crippen LogP) is 2.05. The van der Waals surface area contributed by atoms with Gasteiger partial charge in [-0.05, 0) is 38.0 Å². The number of methoxy groups -OCH3 is 1. The average Bonchev–Trinajstić information content (AvgIpc) is 2.99. The lowest BCUT2D eigenvalue weighted by Gasteiger charge is -2.19. The quantitative estimate of drug-likeness (QED) is 0.658. The highest BCUT2D eigenvalue weighted by Crippen LogP contribution is 2.26. The molecule has 2 rings (SSSR count). The van der Waals surface area contributed by atoms with Gasteiger partial charge in [0.2, 0.25) is 10.0 Å². The minimum Gasteiger partial charge on any atom is -0.478 e. The van der Waals surface area contributed by atoms with Crippen LogP contribution in [0.2, 0.25) is 0 Å². The first-order valence-corrected chi connectivity index (χ1v) is 9.47. The first-order valence-electron chi connectivity index (χ1n) is 7.98. The van der Waals surface area contributed by atoms with Crippen LogP contribution in [0.1, 0.15) is 43.0 Å². The molecule has 1 atom stereocenters. The molecular weight excluding hydrogens is 332 g/mol. The summed E-state index contributed by atoms with van der Waals surface area (Å²) in [6, 6.07) is 3.86. The third-order valence-corrected chi connectivity index (χ3v) is 5.57. The summed E-state index contributed by atoms with van der Waals surface area (Å²) in [6.45, 7) is 2.26. The maximum absolute atomic E-state index is 12.7. The summed E-state index contributed by atoms with van der Waals surface area (Å²) in [6.07, 6.45) is 3.61. The monoisotopic (exact) mass is 356 g/mol. The Hall–Kier alpha value is -1.64. The van der Waals surface area contributed by atoms with Crippen molar-refractivity contribution in [3.63, 3.8) is 0 Å². The smallest absolute Gasteiger partial charge is 0.335 e. The van der Waals surface area contributed by atoms with Gasteiger partial charge in [-0.1, -0.05) is 12.8 Å². The molecule has 0 unspecified atom stereocenters. The number of sulfonamides is 1.